The van der Waals surface area contributed by atoms with Crippen molar-refractivity contribution in [2.24, 2.45) is 13.0 Å². The number of carboxylic acids is 1. The number of quaternary nitrogens is 1. The van der Waals surface area contributed by atoms with Gasteiger partial charge in [-0.25, -0.2) is 23.5 Å². The Morgan fingerprint density at radius 3 is 2.73 bits per heavy atom. The average molecular weight is 641 g/mol. The number of H-pyrrole nitrogens is 1. The van der Waals surface area contributed by atoms with Gasteiger partial charge in [-0.1, -0.05) is 0 Å². The zero-order valence-electron chi connectivity index (χ0n) is 24.4. The number of aryl methyl sites for hydroxylation is 1. The predicted octanol–water partition coefficient (Wildman–Crippen LogP) is 3.45. The van der Waals surface area contributed by atoms with Crippen LogP contribution in [-0.2, 0) is 11.6 Å². The Labute approximate surface area is 254 Å². The van der Waals surface area contributed by atoms with Gasteiger partial charge in [0.05, 0.1) is 52.6 Å². The maximum absolute atomic E-state index is 15.8. The van der Waals surface area contributed by atoms with E-state index in [0.717, 1.165) is 12.5 Å². The van der Waals surface area contributed by atoms with Crippen LogP contribution in [-0.4, -0.2) is 84.9 Å². The Kier molecular flexibility index (Phi) is 6.80. The Morgan fingerprint density at radius 2 is 2.02 bits per heavy atom. The van der Waals surface area contributed by atoms with Crippen molar-refractivity contribution in [1.82, 2.24) is 19.5 Å². The highest BCUT2D eigenvalue weighted by Crippen LogP contribution is 2.50. The van der Waals surface area contributed by atoms with Gasteiger partial charge >= 0.3 is 14.6 Å². The normalized spacial score (nSPS) is 21.2. The number of nitrogens with one attached hydrogen (secondary N) is 2. The van der Waals surface area contributed by atoms with E-state index in [1.807, 2.05) is 7.05 Å². The van der Waals surface area contributed by atoms with Gasteiger partial charge in [-0.3, -0.25) is 13.8 Å². The lowest BCUT2D eigenvalue weighted by Crippen LogP contribution is -2.71. The molecule has 2 aliphatic rings. The van der Waals surface area contributed by atoms with E-state index in [2.05, 4.69) is 25.2 Å². The standard InChI is InChI=1S/C29H28F2N7O6P/c1-32-19-7-18(30)22(31)20-21-24(37-5-4-13-11-38(3,28(13)37)12-44-45(42)43)16(9-33-26(21)35-23(19)20)14-6-15-25(39)17(29(40)41)10-36(2)27(15)34-8-14/h6-10,13,28,32,42-43H,4-5,11-12H2,1-3H3,(H-,33,35,40,41)/p+1. The number of hydrogen-bond donors (Lipinski definition) is 5. The molecule has 3 unspecified atom stereocenters. The van der Waals surface area contributed by atoms with Gasteiger partial charge < -0.3 is 34.7 Å². The molecule has 0 bridgehead atoms. The molecular weight excluding hydrogens is 611 g/mol. The van der Waals surface area contributed by atoms with Crippen LogP contribution < -0.4 is 15.6 Å². The van der Waals surface area contributed by atoms with Crippen molar-refractivity contribution in [3.63, 3.8) is 0 Å². The largest absolute Gasteiger partial charge is 0.477 e. The number of aromatic amines is 1. The summed E-state index contributed by atoms with van der Waals surface area (Å²) in [6.45, 7) is 1.27. The number of aromatic nitrogens is 4. The summed E-state index contributed by atoms with van der Waals surface area (Å²) >= 11 is 0. The number of carbonyl (C=O) groups is 1. The molecule has 5 aromatic rings. The number of halogens is 2. The molecule has 1 aromatic carbocycles. The Morgan fingerprint density at radius 1 is 1.24 bits per heavy atom. The third kappa shape index (κ3) is 4.37. The molecule has 2 fully saturated rings. The highest BCUT2D eigenvalue weighted by atomic mass is 31.2. The third-order valence-electron chi connectivity index (χ3n) is 9.12. The van der Waals surface area contributed by atoms with E-state index in [4.69, 9.17) is 4.52 Å². The Balaban J connectivity index is 1.53. The molecular formula is C29H29F2N7O6P+. The number of carboxylic acid groups (broad SMARTS) is 1. The van der Waals surface area contributed by atoms with Gasteiger partial charge in [0.1, 0.15) is 16.9 Å². The van der Waals surface area contributed by atoms with Crippen LogP contribution in [0.5, 0.6) is 0 Å². The fourth-order valence-electron chi connectivity index (χ4n) is 7.25. The maximum Gasteiger partial charge on any atom is 0.341 e. The van der Waals surface area contributed by atoms with Crippen molar-refractivity contribution in [1.29, 1.82) is 0 Å². The molecule has 0 radical (unpaired) electrons. The van der Waals surface area contributed by atoms with Crippen LogP contribution in [0.4, 0.5) is 20.2 Å². The molecule has 5 N–H and O–H groups in total. The molecule has 2 saturated heterocycles. The zero-order chi connectivity index (χ0) is 31.9. The molecule has 0 spiro atoms. The number of aromatic carboxylic acids is 1. The predicted molar refractivity (Wildman–Crippen MR) is 164 cm³/mol. The van der Waals surface area contributed by atoms with Gasteiger partial charge in [-0.15, -0.1) is 0 Å². The molecule has 4 aromatic heterocycles. The van der Waals surface area contributed by atoms with Crippen LogP contribution in [0, 0.1) is 17.6 Å². The van der Waals surface area contributed by atoms with E-state index in [-0.39, 0.29) is 35.2 Å². The third-order valence-corrected chi connectivity index (χ3v) is 9.46. The minimum Gasteiger partial charge on any atom is -0.477 e. The van der Waals surface area contributed by atoms with E-state index in [9.17, 15) is 24.5 Å². The number of benzene rings is 1. The lowest BCUT2D eigenvalue weighted by molar-refractivity contribution is -0.993. The number of fused-ring (bicyclic) bond motifs is 5. The average Bonchev–Trinajstić information content (AvgIpc) is 3.57. The van der Waals surface area contributed by atoms with E-state index >= 15 is 8.78 Å². The van der Waals surface area contributed by atoms with Gasteiger partial charge in [0.2, 0.25) is 5.43 Å². The molecule has 13 nitrogen and oxygen atoms in total. The van der Waals surface area contributed by atoms with Crippen LogP contribution >= 0.6 is 8.60 Å². The molecule has 6 heterocycles. The van der Waals surface area contributed by atoms with E-state index < -0.39 is 37.2 Å². The Bertz CT molecular complexity index is 2120. The summed E-state index contributed by atoms with van der Waals surface area (Å²) < 4.78 is 37.8. The number of hydrogen-bond acceptors (Lipinski definition) is 9. The monoisotopic (exact) mass is 640 g/mol. The van der Waals surface area contributed by atoms with Crippen molar-refractivity contribution in [3.8, 4) is 11.1 Å². The second-order valence-electron chi connectivity index (χ2n) is 11.8. The van der Waals surface area contributed by atoms with Crippen LogP contribution in [0.3, 0.4) is 0 Å². The second-order valence-corrected chi connectivity index (χ2v) is 12.6. The molecule has 234 valence electrons. The molecule has 16 heteroatoms. The highest BCUT2D eigenvalue weighted by Gasteiger charge is 2.59. The first-order chi connectivity index (χ1) is 21.4. The molecule has 3 atom stereocenters. The van der Waals surface area contributed by atoms with Crippen molar-refractivity contribution in [3.05, 3.63) is 58.1 Å². The summed E-state index contributed by atoms with van der Waals surface area (Å²) in [4.78, 5) is 58.3. The topological polar surface area (TPSA) is 166 Å². The van der Waals surface area contributed by atoms with Crippen molar-refractivity contribution < 1.29 is 37.5 Å². The molecule has 7 rings (SSSR count). The first-order valence-electron chi connectivity index (χ1n) is 14.1. The number of likely N-dealkylation sites (tertiary alicyclic amines) is 1. The fraction of sp³-hybridized carbons (Fsp3) is 0.310. The first kappa shape index (κ1) is 29.4. The van der Waals surface area contributed by atoms with Crippen LogP contribution in [0.25, 0.3) is 44.1 Å². The van der Waals surface area contributed by atoms with Crippen molar-refractivity contribution in [2.45, 2.75) is 12.6 Å². The van der Waals surface area contributed by atoms with Crippen LogP contribution in [0.1, 0.15) is 16.8 Å². The quantitative estimate of drug-likeness (QED) is 0.131. The fourth-order valence-corrected chi connectivity index (χ4v) is 7.61. The minimum atomic E-state index is -2.58. The lowest BCUT2D eigenvalue weighted by Gasteiger charge is -2.54. The molecule has 45 heavy (non-hydrogen) atoms. The minimum absolute atomic E-state index is 0.000936. The molecule has 2 aliphatic heterocycles. The summed E-state index contributed by atoms with van der Waals surface area (Å²) in [5.74, 6) is -3.26. The van der Waals surface area contributed by atoms with E-state index in [1.165, 1.54) is 17.0 Å². The van der Waals surface area contributed by atoms with Gasteiger partial charge in [-0.05, 0) is 12.5 Å². The SMILES string of the molecule is CNc1cc(F)c(F)c2c1[nH]c1ncc(-c3cnc4c(c3)c(=O)c(C(=O)O)cn4C)c(N3CCC4C[N+](C)(COP(O)O)C43)c12. The molecule has 0 aliphatic carbocycles. The van der Waals surface area contributed by atoms with E-state index in [0.29, 0.717) is 56.6 Å². The number of nitrogens with zero attached hydrogens (tertiary/aromatic N) is 5. The summed E-state index contributed by atoms with van der Waals surface area (Å²) in [5.41, 5.74) is 1.55. The Hall–Kier alpha value is -4.27. The summed E-state index contributed by atoms with van der Waals surface area (Å²) in [5, 5.41) is 12.9. The van der Waals surface area contributed by atoms with Gasteiger partial charge in [-0.2, -0.15) is 0 Å². The summed E-state index contributed by atoms with van der Waals surface area (Å²) in [6.07, 6.45) is 4.90. The van der Waals surface area contributed by atoms with Gasteiger partial charge in [0.15, 0.2) is 24.5 Å². The smallest absolute Gasteiger partial charge is 0.341 e. The lowest BCUT2D eigenvalue weighted by atomic mass is 9.92. The summed E-state index contributed by atoms with van der Waals surface area (Å²) in [6, 6.07) is 2.62. The number of pyridine rings is 3. The maximum atomic E-state index is 15.8. The van der Waals surface area contributed by atoms with Crippen LogP contribution in [0.15, 0.2) is 35.5 Å². The zero-order valence-corrected chi connectivity index (χ0v) is 25.3. The highest BCUT2D eigenvalue weighted by molar-refractivity contribution is 7.39. The molecule has 0 amide bonds. The second kappa shape index (κ2) is 10.4. The van der Waals surface area contributed by atoms with Crippen LogP contribution in [0.2, 0.25) is 0 Å². The number of rotatable bonds is 7. The van der Waals surface area contributed by atoms with E-state index in [1.54, 1.807) is 26.4 Å². The van der Waals surface area contributed by atoms with Gasteiger partial charge in [0.25, 0.3) is 0 Å². The van der Waals surface area contributed by atoms with Gasteiger partial charge in [0, 0.05) is 56.4 Å². The van der Waals surface area contributed by atoms with Crippen molar-refractivity contribution in [2.75, 3.05) is 44.1 Å². The first-order valence-corrected chi connectivity index (χ1v) is 15.2. The molecule has 0 saturated carbocycles. The van der Waals surface area contributed by atoms with Crippen molar-refractivity contribution >= 4 is 58.9 Å². The number of anilines is 2. The summed E-state index contributed by atoms with van der Waals surface area (Å²) in [7, 11) is 2.54.